The summed E-state index contributed by atoms with van der Waals surface area (Å²) in [5.74, 6) is -0.992. The van der Waals surface area contributed by atoms with Crippen molar-refractivity contribution in [2.45, 2.75) is 43.5 Å². The van der Waals surface area contributed by atoms with Crippen molar-refractivity contribution in [2.75, 3.05) is 24.5 Å². The van der Waals surface area contributed by atoms with Gasteiger partial charge in [-0.25, -0.2) is 17.2 Å². The Morgan fingerprint density at radius 2 is 1.77 bits per heavy atom. The molecule has 3 aromatic rings. The van der Waals surface area contributed by atoms with E-state index in [1.807, 2.05) is 0 Å². The van der Waals surface area contributed by atoms with Gasteiger partial charge in [-0.05, 0) is 68.7 Å². The number of ether oxygens (including phenoxy) is 1. The number of amides is 1. The topological polar surface area (TPSA) is 66.9 Å². The Hall–Kier alpha value is -3.17. The van der Waals surface area contributed by atoms with E-state index in [0.29, 0.717) is 29.3 Å². The molecular weight excluding hydrogens is 546 g/mol. The molecule has 1 amide bonds. The van der Waals surface area contributed by atoms with Crippen LogP contribution in [0.1, 0.15) is 44.2 Å². The summed E-state index contributed by atoms with van der Waals surface area (Å²) in [5, 5.41) is 0.337. The van der Waals surface area contributed by atoms with Crippen molar-refractivity contribution in [1.29, 1.82) is 0 Å². The first-order chi connectivity index (χ1) is 18.6. The van der Waals surface area contributed by atoms with Crippen LogP contribution in [0, 0.1) is 17.6 Å². The molecular formula is C29H31ClF2N2O4S. The molecule has 1 atom stereocenters. The van der Waals surface area contributed by atoms with Crippen LogP contribution in [0.5, 0.6) is 5.75 Å². The van der Waals surface area contributed by atoms with Gasteiger partial charge < -0.3 is 9.64 Å². The molecule has 3 aromatic carbocycles. The Kier molecular flexibility index (Phi) is 9.12. The van der Waals surface area contributed by atoms with Crippen molar-refractivity contribution in [3.8, 4) is 5.75 Å². The molecule has 1 aliphatic rings. The van der Waals surface area contributed by atoms with E-state index in [0.717, 1.165) is 41.8 Å². The third-order valence-electron chi connectivity index (χ3n) is 6.96. The number of nitrogens with zero attached hydrogens (tertiary/aromatic N) is 2. The van der Waals surface area contributed by atoms with E-state index in [9.17, 15) is 17.6 Å². The van der Waals surface area contributed by atoms with Gasteiger partial charge in [0.25, 0.3) is 10.0 Å². The summed E-state index contributed by atoms with van der Waals surface area (Å²) in [6.45, 7) is 2.40. The normalized spacial score (nSPS) is 14.4. The number of halogens is 3. The van der Waals surface area contributed by atoms with Crippen LogP contribution >= 0.6 is 11.6 Å². The number of para-hydroxylation sites is 1. The molecule has 0 spiro atoms. The predicted octanol–water partition coefficient (Wildman–Crippen LogP) is 6.60. The highest BCUT2D eigenvalue weighted by Crippen LogP contribution is 2.38. The van der Waals surface area contributed by atoms with Gasteiger partial charge in [-0.3, -0.25) is 9.10 Å². The fraction of sp³-hybridized carbons (Fsp3) is 0.345. The van der Waals surface area contributed by atoms with Gasteiger partial charge in [0, 0.05) is 36.2 Å². The minimum absolute atomic E-state index is 0.120. The first kappa shape index (κ1) is 28.8. The molecule has 0 radical (unpaired) electrons. The van der Waals surface area contributed by atoms with Gasteiger partial charge >= 0.3 is 0 Å². The lowest BCUT2D eigenvalue weighted by atomic mass is 9.84. The summed E-state index contributed by atoms with van der Waals surface area (Å²) in [5.41, 5.74) is 0.0426. The zero-order valence-electron chi connectivity index (χ0n) is 21.8. The quantitative estimate of drug-likeness (QED) is 0.241. The Morgan fingerprint density at radius 1 is 1.08 bits per heavy atom. The largest absolute Gasteiger partial charge is 0.493 e. The third kappa shape index (κ3) is 6.53. The standard InChI is InChI=1S/C29H31ClF2N2O4S/c1-20(25-9-3-4-10-28(25)38-18-6-17-33(2)29(35)21-7-5-8-21)34(27-19-23(31)13-16-26(27)32)39(36,37)24-14-11-22(30)12-15-24/h3-4,9-16,19-21H,5-8,17-18H2,1-2H3. The highest BCUT2D eigenvalue weighted by Gasteiger charge is 2.34. The minimum Gasteiger partial charge on any atom is -0.493 e. The molecule has 0 bridgehead atoms. The van der Waals surface area contributed by atoms with Crippen LogP contribution in [-0.4, -0.2) is 39.4 Å². The number of carbonyl (C=O) groups is 1. The lowest BCUT2D eigenvalue weighted by Gasteiger charge is -2.32. The number of hydrogen-bond acceptors (Lipinski definition) is 4. The number of carbonyl (C=O) groups excluding carboxylic acids is 1. The van der Waals surface area contributed by atoms with E-state index < -0.39 is 33.4 Å². The van der Waals surface area contributed by atoms with E-state index in [-0.39, 0.29) is 23.3 Å². The Morgan fingerprint density at radius 3 is 2.44 bits per heavy atom. The van der Waals surface area contributed by atoms with Gasteiger partial charge in [-0.15, -0.1) is 0 Å². The van der Waals surface area contributed by atoms with Crippen LogP contribution in [0.25, 0.3) is 0 Å². The fourth-order valence-corrected chi connectivity index (χ4v) is 6.33. The van der Waals surface area contributed by atoms with Crippen LogP contribution in [-0.2, 0) is 14.8 Å². The van der Waals surface area contributed by atoms with Gasteiger partial charge in [0.05, 0.1) is 23.2 Å². The maximum atomic E-state index is 15.0. The molecule has 0 N–H and O–H groups in total. The van der Waals surface area contributed by atoms with Crippen LogP contribution in [0.15, 0.2) is 71.6 Å². The fourth-order valence-electron chi connectivity index (χ4n) is 4.57. The molecule has 1 unspecified atom stereocenters. The Bertz CT molecular complexity index is 1420. The van der Waals surface area contributed by atoms with Crippen molar-refractivity contribution in [3.05, 3.63) is 89.0 Å². The minimum atomic E-state index is -4.36. The summed E-state index contributed by atoms with van der Waals surface area (Å²) in [6.07, 6.45) is 3.54. The molecule has 0 aliphatic heterocycles. The zero-order chi connectivity index (χ0) is 28.2. The molecule has 1 aliphatic carbocycles. The van der Waals surface area contributed by atoms with Gasteiger partial charge in [0.15, 0.2) is 0 Å². The molecule has 10 heteroatoms. The van der Waals surface area contributed by atoms with Gasteiger partial charge in [0.2, 0.25) is 5.91 Å². The first-order valence-corrected chi connectivity index (χ1v) is 14.6. The number of anilines is 1. The Labute approximate surface area is 233 Å². The summed E-state index contributed by atoms with van der Waals surface area (Å²) >= 11 is 5.95. The number of rotatable bonds is 11. The predicted molar refractivity (Wildman–Crippen MR) is 147 cm³/mol. The molecule has 1 fully saturated rings. The number of sulfonamides is 1. The monoisotopic (exact) mass is 576 g/mol. The molecule has 0 heterocycles. The summed E-state index contributed by atoms with van der Waals surface area (Å²) in [6, 6.07) is 14.0. The van der Waals surface area contributed by atoms with E-state index in [4.69, 9.17) is 16.3 Å². The number of benzene rings is 3. The first-order valence-electron chi connectivity index (χ1n) is 12.8. The van der Waals surface area contributed by atoms with Crippen LogP contribution < -0.4 is 9.04 Å². The third-order valence-corrected chi connectivity index (χ3v) is 9.11. The second kappa shape index (κ2) is 12.3. The van der Waals surface area contributed by atoms with Gasteiger partial charge in [-0.2, -0.15) is 0 Å². The van der Waals surface area contributed by atoms with Crippen molar-refractivity contribution >= 4 is 33.2 Å². The van der Waals surface area contributed by atoms with E-state index in [1.165, 1.54) is 24.3 Å². The summed E-state index contributed by atoms with van der Waals surface area (Å²) in [4.78, 5) is 14.0. The zero-order valence-corrected chi connectivity index (χ0v) is 23.4. The lowest BCUT2D eigenvalue weighted by Crippen LogP contribution is -2.37. The van der Waals surface area contributed by atoms with E-state index in [2.05, 4.69) is 0 Å². The molecule has 0 saturated heterocycles. The second-order valence-corrected chi connectivity index (χ2v) is 11.9. The van der Waals surface area contributed by atoms with Gasteiger partial charge in [-0.1, -0.05) is 36.2 Å². The smallest absolute Gasteiger partial charge is 0.264 e. The molecule has 39 heavy (non-hydrogen) atoms. The maximum Gasteiger partial charge on any atom is 0.264 e. The average molecular weight is 577 g/mol. The van der Waals surface area contributed by atoms with Crippen LogP contribution in [0.4, 0.5) is 14.5 Å². The maximum absolute atomic E-state index is 15.0. The molecule has 6 nitrogen and oxygen atoms in total. The molecule has 0 aromatic heterocycles. The highest BCUT2D eigenvalue weighted by atomic mass is 35.5. The average Bonchev–Trinajstić information content (AvgIpc) is 2.88. The van der Waals surface area contributed by atoms with E-state index >= 15 is 4.39 Å². The Balaban J connectivity index is 1.60. The second-order valence-electron chi connectivity index (χ2n) is 9.65. The van der Waals surface area contributed by atoms with Crippen LogP contribution in [0.2, 0.25) is 5.02 Å². The molecule has 208 valence electrons. The van der Waals surface area contributed by atoms with Crippen molar-refractivity contribution in [1.82, 2.24) is 4.90 Å². The van der Waals surface area contributed by atoms with E-state index in [1.54, 1.807) is 43.1 Å². The molecule has 1 saturated carbocycles. The molecule has 4 rings (SSSR count). The van der Waals surface area contributed by atoms with Crippen molar-refractivity contribution in [2.24, 2.45) is 5.92 Å². The summed E-state index contributed by atoms with van der Waals surface area (Å²) in [7, 11) is -2.58. The summed E-state index contributed by atoms with van der Waals surface area (Å²) < 4.78 is 63.8. The number of hydrogen-bond donors (Lipinski definition) is 0. The SMILES string of the molecule is CC(c1ccccc1OCCCN(C)C(=O)C1CCC1)N(c1cc(F)ccc1F)S(=O)(=O)c1ccc(Cl)cc1. The lowest BCUT2D eigenvalue weighted by molar-refractivity contribution is -0.136. The van der Waals surface area contributed by atoms with Crippen molar-refractivity contribution in [3.63, 3.8) is 0 Å². The van der Waals surface area contributed by atoms with Crippen LogP contribution in [0.3, 0.4) is 0 Å². The highest BCUT2D eigenvalue weighted by molar-refractivity contribution is 7.92. The van der Waals surface area contributed by atoms with Crippen molar-refractivity contribution < 1.29 is 26.7 Å². The van der Waals surface area contributed by atoms with Gasteiger partial charge in [0.1, 0.15) is 17.4 Å².